The second kappa shape index (κ2) is 9.56. The third kappa shape index (κ3) is 5.22. The Morgan fingerprint density at radius 1 is 1.00 bits per heavy atom. The molecule has 176 valence electrons. The van der Waals surface area contributed by atoms with Crippen molar-refractivity contribution < 1.29 is 26.8 Å². The van der Waals surface area contributed by atoms with Crippen LogP contribution in [0.2, 0.25) is 0 Å². The smallest absolute Gasteiger partial charge is 0.243 e. The molecular formula is C23H25F2N3O4S. The minimum Gasteiger partial charge on any atom is -0.352 e. The number of benzene rings is 2. The zero-order valence-corrected chi connectivity index (χ0v) is 18.8. The minimum atomic E-state index is -3.52. The number of hydrogen-bond acceptors (Lipinski definition) is 4. The topological polar surface area (TPSA) is 86.8 Å². The zero-order chi connectivity index (χ0) is 23.6. The number of halogens is 2. The number of carbonyl (C=O) groups excluding carboxylic acids is 2. The molecule has 10 heteroatoms. The normalized spacial score (nSPS) is 19.6. The maximum atomic E-state index is 13.5. The van der Waals surface area contributed by atoms with Crippen LogP contribution in [-0.4, -0.2) is 44.2 Å². The van der Waals surface area contributed by atoms with Gasteiger partial charge in [-0.3, -0.25) is 9.59 Å². The molecule has 2 amide bonds. The molecule has 1 atom stereocenters. The lowest BCUT2D eigenvalue weighted by Crippen LogP contribution is -2.35. The Morgan fingerprint density at radius 2 is 1.64 bits per heavy atom. The van der Waals surface area contributed by atoms with Gasteiger partial charge in [0.15, 0.2) is 0 Å². The fourth-order valence-corrected chi connectivity index (χ4v) is 5.71. The number of sulfonamides is 1. The Bertz CT molecular complexity index is 1130. The van der Waals surface area contributed by atoms with Crippen LogP contribution in [0.15, 0.2) is 47.4 Å². The predicted octanol–water partition coefficient (Wildman–Crippen LogP) is 2.81. The molecule has 0 aromatic heterocycles. The van der Waals surface area contributed by atoms with E-state index in [0.29, 0.717) is 18.7 Å². The number of amides is 2. The predicted molar refractivity (Wildman–Crippen MR) is 118 cm³/mol. The molecule has 0 aliphatic carbocycles. The standard InChI is InChI=1S/C23H25F2N3O4S/c24-18-11-19(25)13-20(12-18)28-15-17(10-22(28)29)23(30)26-14-16-4-6-21(7-5-16)33(31,32)27-8-2-1-3-9-27/h4-7,11-13,17H,1-3,8-10,14-15H2,(H,26,30). The summed E-state index contributed by atoms with van der Waals surface area (Å²) in [6, 6.07) is 9.20. The summed E-state index contributed by atoms with van der Waals surface area (Å²) in [4.78, 5) is 26.3. The summed E-state index contributed by atoms with van der Waals surface area (Å²) in [7, 11) is -3.52. The van der Waals surface area contributed by atoms with Crippen LogP contribution < -0.4 is 10.2 Å². The number of nitrogens with one attached hydrogen (secondary N) is 1. The molecule has 2 fully saturated rings. The van der Waals surface area contributed by atoms with E-state index in [4.69, 9.17) is 0 Å². The molecule has 4 rings (SSSR count). The van der Waals surface area contributed by atoms with Gasteiger partial charge in [0.1, 0.15) is 11.6 Å². The van der Waals surface area contributed by atoms with E-state index >= 15 is 0 Å². The lowest BCUT2D eigenvalue weighted by Gasteiger charge is -2.25. The molecule has 2 aliphatic rings. The summed E-state index contributed by atoms with van der Waals surface area (Å²) in [6.45, 7) is 1.25. The SMILES string of the molecule is O=C(NCc1ccc(S(=O)(=O)N2CCCCC2)cc1)C1CC(=O)N(c2cc(F)cc(F)c2)C1. The molecule has 2 aliphatic heterocycles. The highest BCUT2D eigenvalue weighted by Gasteiger charge is 2.35. The van der Waals surface area contributed by atoms with Gasteiger partial charge in [-0.15, -0.1) is 0 Å². The van der Waals surface area contributed by atoms with Gasteiger partial charge in [-0.05, 0) is 42.7 Å². The average molecular weight is 478 g/mol. The van der Waals surface area contributed by atoms with E-state index in [2.05, 4.69) is 5.32 Å². The van der Waals surface area contributed by atoms with Crippen molar-refractivity contribution in [3.63, 3.8) is 0 Å². The highest BCUT2D eigenvalue weighted by Crippen LogP contribution is 2.27. The van der Waals surface area contributed by atoms with Gasteiger partial charge in [-0.2, -0.15) is 4.31 Å². The summed E-state index contributed by atoms with van der Waals surface area (Å²) in [5, 5.41) is 2.75. The summed E-state index contributed by atoms with van der Waals surface area (Å²) >= 11 is 0. The molecule has 1 N–H and O–H groups in total. The lowest BCUT2D eigenvalue weighted by molar-refractivity contribution is -0.126. The molecule has 2 heterocycles. The molecule has 0 radical (unpaired) electrons. The van der Waals surface area contributed by atoms with Gasteiger partial charge < -0.3 is 10.2 Å². The van der Waals surface area contributed by atoms with Gasteiger partial charge in [0.25, 0.3) is 0 Å². The monoisotopic (exact) mass is 477 g/mol. The van der Waals surface area contributed by atoms with E-state index in [1.165, 1.54) is 21.3 Å². The van der Waals surface area contributed by atoms with Crippen LogP contribution in [0.5, 0.6) is 0 Å². The Kier molecular flexibility index (Phi) is 6.76. The van der Waals surface area contributed by atoms with Crippen molar-refractivity contribution in [1.29, 1.82) is 0 Å². The van der Waals surface area contributed by atoms with Gasteiger partial charge in [0, 0.05) is 44.4 Å². The third-order valence-electron chi connectivity index (χ3n) is 6.00. The zero-order valence-electron chi connectivity index (χ0n) is 18.0. The second-order valence-corrected chi connectivity index (χ2v) is 10.3. The Balaban J connectivity index is 1.35. The first-order valence-corrected chi connectivity index (χ1v) is 12.3. The highest BCUT2D eigenvalue weighted by atomic mass is 32.2. The van der Waals surface area contributed by atoms with E-state index in [1.54, 1.807) is 12.1 Å². The minimum absolute atomic E-state index is 0.0283. The van der Waals surface area contributed by atoms with Crippen LogP contribution in [-0.2, 0) is 26.2 Å². The molecule has 0 bridgehead atoms. The Morgan fingerprint density at radius 3 is 2.27 bits per heavy atom. The van der Waals surface area contributed by atoms with Crippen molar-refractivity contribution in [2.75, 3.05) is 24.5 Å². The van der Waals surface area contributed by atoms with E-state index in [1.807, 2.05) is 0 Å². The molecule has 2 aromatic carbocycles. The van der Waals surface area contributed by atoms with Crippen molar-refractivity contribution in [2.45, 2.75) is 37.1 Å². The molecule has 0 saturated carbocycles. The summed E-state index contributed by atoms with van der Waals surface area (Å²) < 4.78 is 53.9. The van der Waals surface area contributed by atoms with Crippen LogP contribution in [0.4, 0.5) is 14.5 Å². The maximum Gasteiger partial charge on any atom is 0.243 e. The second-order valence-electron chi connectivity index (χ2n) is 8.36. The molecular weight excluding hydrogens is 452 g/mol. The van der Waals surface area contributed by atoms with Gasteiger partial charge in [0.05, 0.1) is 10.8 Å². The van der Waals surface area contributed by atoms with Crippen LogP contribution in [0.3, 0.4) is 0 Å². The van der Waals surface area contributed by atoms with Crippen LogP contribution in [0.25, 0.3) is 0 Å². The average Bonchev–Trinajstić information content (AvgIpc) is 3.19. The van der Waals surface area contributed by atoms with Gasteiger partial charge in [-0.1, -0.05) is 18.6 Å². The first kappa shape index (κ1) is 23.3. The van der Waals surface area contributed by atoms with E-state index in [9.17, 15) is 26.8 Å². The molecule has 2 saturated heterocycles. The van der Waals surface area contributed by atoms with Gasteiger partial charge >= 0.3 is 0 Å². The lowest BCUT2D eigenvalue weighted by atomic mass is 10.1. The first-order valence-electron chi connectivity index (χ1n) is 10.9. The van der Waals surface area contributed by atoms with Crippen LogP contribution in [0, 0.1) is 17.6 Å². The van der Waals surface area contributed by atoms with E-state index in [0.717, 1.165) is 37.5 Å². The van der Waals surface area contributed by atoms with Crippen molar-refractivity contribution in [2.24, 2.45) is 5.92 Å². The van der Waals surface area contributed by atoms with Crippen molar-refractivity contribution >= 4 is 27.5 Å². The fourth-order valence-electron chi connectivity index (χ4n) is 4.19. The van der Waals surface area contributed by atoms with Gasteiger partial charge in [-0.25, -0.2) is 17.2 Å². The fraction of sp³-hybridized carbons (Fsp3) is 0.391. The third-order valence-corrected chi connectivity index (χ3v) is 7.91. The summed E-state index contributed by atoms with van der Waals surface area (Å²) in [5.41, 5.74) is 0.799. The number of nitrogens with zero attached hydrogens (tertiary/aromatic N) is 2. The molecule has 0 spiro atoms. The number of piperidine rings is 1. The van der Waals surface area contributed by atoms with Crippen molar-refractivity contribution in [3.8, 4) is 0 Å². The number of anilines is 1. The summed E-state index contributed by atoms with van der Waals surface area (Å²) in [6.07, 6.45) is 2.70. The number of carbonyl (C=O) groups is 2. The van der Waals surface area contributed by atoms with Crippen molar-refractivity contribution in [1.82, 2.24) is 9.62 Å². The quantitative estimate of drug-likeness (QED) is 0.693. The summed E-state index contributed by atoms with van der Waals surface area (Å²) in [5.74, 6) is -2.98. The first-order chi connectivity index (χ1) is 15.7. The molecule has 1 unspecified atom stereocenters. The van der Waals surface area contributed by atoms with Gasteiger partial charge in [0.2, 0.25) is 21.8 Å². The highest BCUT2D eigenvalue weighted by molar-refractivity contribution is 7.89. The number of hydrogen-bond donors (Lipinski definition) is 1. The Hall–Kier alpha value is -2.85. The Labute approximate surface area is 191 Å². The molecule has 7 nitrogen and oxygen atoms in total. The molecule has 2 aromatic rings. The van der Waals surface area contributed by atoms with E-state index in [-0.39, 0.29) is 41.9 Å². The van der Waals surface area contributed by atoms with Crippen LogP contribution in [0.1, 0.15) is 31.2 Å². The largest absolute Gasteiger partial charge is 0.352 e. The molecule has 33 heavy (non-hydrogen) atoms. The van der Waals surface area contributed by atoms with Crippen molar-refractivity contribution in [3.05, 3.63) is 59.7 Å². The maximum absolute atomic E-state index is 13.5. The van der Waals surface area contributed by atoms with Crippen LogP contribution >= 0.6 is 0 Å². The van der Waals surface area contributed by atoms with E-state index < -0.39 is 27.6 Å². The number of rotatable bonds is 6.